The van der Waals surface area contributed by atoms with Gasteiger partial charge in [0.05, 0.1) is 0 Å². The Bertz CT molecular complexity index is 406. The molecular weight excluding hydrogens is 236 g/mol. The summed E-state index contributed by atoms with van der Waals surface area (Å²) in [5.74, 6) is 2.29. The predicted octanol–water partition coefficient (Wildman–Crippen LogP) is 2.31. The van der Waals surface area contributed by atoms with Crippen LogP contribution in [0.2, 0.25) is 0 Å². The first-order valence-electron chi connectivity index (χ1n) is 7.65. The summed E-state index contributed by atoms with van der Waals surface area (Å²) in [5, 5.41) is 0. The Kier molecular flexibility index (Phi) is 3.97. The number of hydrogen-bond acceptors (Lipinski definition) is 4. The summed E-state index contributed by atoms with van der Waals surface area (Å²) in [4.78, 5) is 11.6. The zero-order valence-corrected chi connectivity index (χ0v) is 11.6. The Balaban J connectivity index is 1.69. The molecule has 1 saturated heterocycles. The fourth-order valence-electron chi connectivity index (χ4n) is 3.33. The van der Waals surface area contributed by atoms with Gasteiger partial charge in [-0.15, -0.1) is 0 Å². The SMILES string of the molecule is NCC1CCN(c2nccc(C3CCCC3)n2)CC1. The maximum Gasteiger partial charge on any atom is 0.225 e. The van der Waals surface area contributed by atoms with E-state index >= 15 is 0 Å². The van der Waals surface area contributed by atoms with E-state index in [-0.39, 0.29) is 0 Å². The second-order valence-corrected chi connectivity index (χ2v) is 5.93. The topological polar surface area (TPSA) is 55.0 Å². The third-order valence-electron chi connectivity index (χ3n) is 4.67. The molecule has 2 fully saturated rings. The average molecular weight is 260 g/mol. The molecule has 0 atom stereocenters. The van der Waals surface area contributed by atoms with E-state index in [1.54, 1.807) is 0 Å². The van der Waals surface area contributed by atoms with Gasteiger partial charge in [-0.25, -0.2) is 9.97 Å². The van der Waals surface area contributed by atoms with Crippen LogP contribution in [0.5, 0.6) is 0 Å². The lowest BCUT2D eigenvalue weighted by molar-refractivity contribution is 0.411. The van der Waals surface area contributed by atoms with Crippen molar-refractivity contribution in [1.29, 1.82) is 0 Å². The summed E-state index contributed by atoms with van der Waals surface area (Å²) in [5.41, 5.74) is 7.00. The number of nitrogens with zero attached hydrogens (tertiary/aromatic N) is 3. The number of hydrogen-bond donors (Lipinski definition) is 1. The van der Waals surface area contributed by atoms with Gasteiger partial charge < -0.3 is 10.6 Å². The number of rotatable bonds is 3. The monoisotopic (exact) mass is 260 g/mol. The highest BCUT2D eigenvalue weighted by Crippen LogP contribution is 2.33. The van der Waals surface area contributed by atoms with Gasteiger partial charge in [-0.3, -0.25) is 0 Å². The molecule has 1 aliphatic carbocycles. The summed E-state index contributed by atoms with van der Waals surface area (Å²) in [6, 6.07) is 2.10. The first-order chi connectivity index (χ1) is 9.36. The molecule has 104 valence electrons. The summed E-state index contributed by atoms with van der Waals surface area (Å²) >= 11 is 0. The van der Waals surface area contributed by atoms with E-state index < -0.39 is 0 Å². The van der Waals surface area contributed by atoms with Crippen LogP contribution in [0.15, 0.2) is 12.3 Å². The minimum atomic E-state index is 0.670. The van der Waals surface area contributed by atoms with E-state index in [4.69, 9.17) is 10.7 Å². The Morgan fingerprint density at radius 1 is 1.16 bits per heavy atom. The molecule has 0 radical (unpaired) electrons. The van der Waals surface area contributed by atoms with Crippen molar-refractivity contribution in [1.82, 2.24) is 9.97 Å². The van der Waals surface area contributed by atoms with Gasteiger partial charge in [-0.1, -0.05) is 12.8 Å². The zero-order chi connectivity index (χ0) is 13.1. The van der Waals surface area contributed by atoms with E-state index in [1.165, 1.54) is 44.2 Å². The Labute approximate surface area is 115 Å². The third kappa shape index (κ3) is 2.89. The zero-order valence-electron chi connectivity index (χ0n) is 11.6. The molecule has 1 aromatic heterocycles. The normalized spacial score (nSPS) is 22.1. The minimum Gasteiger partial charge on any atom is -0.341 e. The lowest BCUT2D eigenvalue weighted by Gasteiger charge is -2.31. The fraction of sp³-hybridized carbons (Fsp3) is 0.733. The van der Waals surface area contributed by atoms with Crippen LogP contribution in [0.4, 0.5) is 5.95 Å². The lowest BCUT2D eigenvalue weighted by atomic mass is 9.97. The number of nitrogens with two attached hydrogens (primary N) is 1. The highest BCUT2D eigenvalue weighted by Gasteiger charge is 2.22. The maximum atomic E-state index is 5.74. The van der Waals surface area contributed by atoms with Gasteiger partial charge in [0, 0.05) is 30.9 Å². The van der Waals surface area contributed by atoms with Gasteiger partial charge in [-0.05, 0) is 44.2 Å². The molecule has 1 aliphatic heterocycles. The van der Waals surface area contributed by atoms with Crippen LogP contribution in [0.3, 0.4) is 0 Å². The number of aromatic nitrogens is 2. The van der Waals surface area contributed by atoms with Crippen molar-refractivity contribution in [2.45, 2.75) is 44.4 Å². The van der Waals surface area contributed by atoms with Crippen LogP contribution in [0, 0.1) is 5.92 Å². The van der Waals surface area contributed by atoms with Gasteiger partial charge in [-0.2, -0.15) is 0 Å². The molecule has 3 rings (SSSR count). The average Bonchev–Trinajstić information content (AvgIpc) is 3.02. The Morgan fingerprint density at radius 3 is 2.58 bits per heavy atom. The number of anilines is 1. The number of piperidine rings is 1. The molecule has 0 unspecified atom stereocenters. The molecular formula is C15H24N4. The second kappa shape index (κ2) is 5.87. The predicted molar refractivity (Wildman–Crippen MR) is 77.2 cm³/mol. The van der Waals surface area contributed by atoms with Gasteiger partial charge in [0.15, 0.2) is 0 Å². The molecule has 0 amide bonds. The van der Waals surface area contributed by atoms with Crippen LogP contribution < -0.4 is 10.6 Å². The van der Waals surface area contributed by atoms with Gasteiger partial charge >= 0.3 is 0 Å². The van der Waals surface area contributed by atoms with Gasteiger partial charge in [0.25, 0.3) is 0 Å². The quantitative estimate of drug-likeness (QED) is 0.906. The summed E-state index contributed by atoms with van der Waals surface area (Å²) in [6.45, 7) is 2.92. The van der Waals surface area contributed by atoms with Crippen molar-refractivity contribution < 1.29 is 0 Å². The molecule has 0 spiro atoms. The first kappa shape index (κ1) is 12.9. The lowest BCUT2D eigenvalue weighted by Crippen LogP contribution is -2.37. The minimum absolute atomic E-state index is 0.670. The molecule has 4 heteroatoms. The van der Waals surface area contributed by atoms with E-state index in [2.05, 4.69) is 16.0 Å². The maximum absolute atomic E-state index is 5.74. The van der Waals surface area contributed by atoms with Gasteiger partial charge in [0.2, 0.25) is 5.95 Å². The highest BCUT2D eigenvalue weighted by atomic mass is 15.2. The van der Waals surface area contributed by atoms with Crippen molar-refractivity contribution in [2.24, 2.45) is 11.7 Å². The summed E-state index contributed by atoms with van der Waals surface area (Å²) in [6.07, 6.45) is 9.58. The highest BCUT2D eigenvalue weighted by molar-refractivity contribution is 5.31. The van der Waals surface area contributed by atoms with E-state index in [1.807, 2.05) is 6.20 Å². The van der Waals surface area contributed by atoms with Crippen LogP contribution in [0.1, 0.15) is 50.1 Å². The molecule has 4 nitrogen and oxygen atoms in total. The Hall–Kier alpha value is -1.16. The standard InChI is InChI=1S/C15H24N4/c16-11-12-6-9-19(10-7-12)15-17-8-5-14(18-15)13-3-1-2-4-13/h5,8,12-13H,1-4,6-7,9-11,16H2. The Morgan fingerprint density at radius 2 is 1.89 bits per heavy atom. The van der Waals surface area contributed by atoms with Crippen LogP contribution in [-0.4, -0.2) is 29.6 Å². The fourth-order valence-corrected chi connectivity index (χ4v) is 3.33. The van der Waals surface area contributed by atoms with Crippen molar-refractivity contribution >= 4 is 5.95 Å². The molecule has 1 saturated carbocycles. The summed E-state index contributed by atoms with van der Waals surface area (Å²) < 4.78 is 0. The molecule has 1 aromatic rings. The van der Waals surface area contributed by atoms with Crippen LogP contribution in [0.25, 0.3) is 0 Å². The second-order valence-electron chi connectivity index (χ2n) is 5.93. The van der Waals surface area contributed by atoms with Crippen molar-refractivity contribution in [3.63, 3.8) is 0 Å². The molecule has 0 bridgehead atoms. The molecule has 2 aliphatic rings. The summed E-state index contributed by atoms with van der Waals surface area (Å²) in [7, 11) is 0. The van der Waals surface area contributed by atoms with E-state index in [0.717, 1.165) is 25.6 Å². The van der Waals surface area contributed by atoms with E-state index in [9.17, 15) is 0 Å². The van der Waals surface area contributed by atoms with Crippen LogP contribution in [-0.2, 0) is 0 Å². The first-order valence-corrected chi connectivity index (χ1v) is 7.65. The molecule has 2 N–H and O–H groups in total. The largest absolute Gasteiger partial charge is 0.341 e. The van der Waals surface area contributed by atoms with Crippen molar-refractivity contribution in [2.75, 3.05) is 24.5 Å². The smallest absolute Gasteiger partial charge is 0.225 e. The van der Waals surface area contributed by atoms with Crippen molar-refractivity contribution in [3.8, 4) is 0 Å². The van der Waals surface area contributed by atoms with Crippen molar-refractivity contribution in [3.05, 3.63) is 18.0 Å². The molecule has 0 aromatic carbocycles. The third-order valence-corrected chi connectivity index (χ3v) is 4.67. The molecule has 2 heterocycles. The van der Waals surface area contributed by atoms with Gasteiger partial charge in [0.1, 0.15) is 0 Å². The van der Waals surface area contributed by atoms with Crippen LogP contribution >= 0.6 is 0 Å². The van der Waals surface area contributed by atoms with E-state index in [0.29, 0.717) is 11.8 Å². The molecule has 19 heavy (non-hydrogen) atoms.